The number of piperidine rings is 1. The van der Waals surface area contributed by atoms with Crippen molar-refractivity contribution < 1.29 is 13.9 Å². The number of methoxy groups -OCH3 is 1. The number of hydrogen-bond donors (Lipinski definition) is 1. The first-order valence-electron chi connectivity index (χ1n) is 6.55. The number of benzene rings is 1. The average Bonchev–Trinajstić information content (AvgIpc) is 2.42. The van der Waals surface area contributed by atoms with Crippen molar-refractivity contribution in [1.82, 2.24) is 5.32 Å². The first kappa shape index (κ1) is 13.8. The van der Waals surface area contributed by atoms with Crippen LogP contribution in [0.2, 0.25) is 0 Å². The van der Waals surface area contributed by atoms with E-state index in [2.05, 4.69) is 5.32 Å². The molecule has 104 valence electrons. The van der Waals surface area contributed by atoms with Gasteiger partial charge in [-0.25, -0.2) is 4.39 Å². The summed E-state index contributed by atoms with van der Waals surface area (Å²) in [7, 11) is 1.52. The number of nitrogens with zero attached hydrogens (tertiary/aromatic N) is 1. The second kappa shape index (κ2) is 6.02. The molecule has 1 amide bonds. The van der Waals surface area contributed by atoms with E-state index >= 15 is 0 Å². The molecule has 1 aromatic carbocycles. The van der Waals surface area contributed by atoms with Gasteiger partial charge in [0.2, 0.25) is 5.91 Å². The van der Waals surface area contributed by atoms with Crippen molar-refractivity contribution in [2.75, 3.05) is 25.1 Å². The highest BCUT2D eigenvalue weighted by Gasteiger charge is 2.30. The van der Waals surface area contributed by atoms with Crippen molar-refractivity contribution in [3.63, 3.8) is 0 Å². The van der Waals surface area contributed by atoms with Crippen LogP contribution in [0.25, 0.3) is 0 Å². The summed E-state index contributed by atoms with van der Waals surface area (Å²) in [5, 5.41) is 3.14. The number of amides is 1. The number of nitrogens with one attached hydrogen (secondary N) is 1. The number of anilines is 1. The zero-order valence-corrected chi connectivity index (χ0v) is 11.3. The van der Waals surface area contributed by atoms with Crippen LogP contribution in [0.15, 0.2) is 18.2 Å². The molecule has 1 unspecified atom stereocenters. The molecular weight excluding hydrogens is 247 g/mol. The fourth-order valence-corrected chi connectivity index (χ4v) is 2.38. The lowest BCUT2D eigenvalue weighted by Gasteiger charge is -2.32. The number of carbonyl (C=O) groups excluding carboxylic acids is 1. The van der Waals surface area contributed by atoms with E-state index < -0.39 is 5.82 Å². The largest absolute Gasteiger partial charge is 0.497 e. The van der Waals surface area contributed by atoms with Crippen LogP contribution in [0.1, 0.15) is 19.8 Å². The summed E-state index contributed by atoms with van der Waals surface area (Å²) in [6, 6.07) is 4.24. The fraction of sp³-hybridized carbons (Fsp3) is 0.500. The van der Waals surface area contributed by atoms with Crippen LogP contribution in [0.4, 0.5) is 10.1 Å². The molecule has 1 aliphatic rings. The van der Waals surface area contributed by atoms with Crippen LogP contribution in [-0.4, -0.2) is 32.1 Å². The number of ether oxygens (including phenoxy) is 1. The zero-order valence-electron chi connectivity index (χ0n) is 11.3. The molecule has 19 heavy (non-hydrogen) atoms. The molecule has 1 aromatic rings. The summed E-state index contributed by atoms with van der Waals surface area (Å²) in [6.07, 6.45) is 1.66. The lowest BCUT2D eigenvalue weighted by molar-refractivity contribution is -0.121. The minimum Gasteiger partial charge on any atom is -0.497 e. The molecule has 0 aromatic heterocycles. The average molecular weight is 266 g/mol. The molecule has 0 saturated carbocycles. The second-order valence-corrected chi connectivity index (χ2v) is 4.56. The van der Waals surface area contributed by atoms with Crippen molar-refractivity contribution in [2.45, 2.75) is 25.8 Å². The van der Waals surface area contributed by atoms with Gasteiger partial charge in [0, 0.05) is 12.6 Å². The Labute approximate surface area is 112 Å². The van der Waals surface area contributed by atoms with Crippen LogP contribution in [-0.2, 0) is 4.79 Å². The third-order valence-electron chi connectivity index (χ3n) is 3.33. The zero-order chi connectivity index (χ0) is 13.8. The Morgan fingerprint density at radius 1 is 1.53 bits per heavy atom. The van der Waals surface area contributed by atoms with Gasteiger partial charge < -0.3 is 15.0 Å². The minimum atomic E-state index is -0.397. The van der Waals surface area contributed by atoms with Gasteiger partial charge in [0.25, 0.3) is 0 Å². The number of halogens is 1. The molecule has 1 fully saturated rings. The summed E-state index contributed by atoms with van der Waals surface area (Å²) >= 11 is 0. The maximum atomic E-state index is 13.9. The monoisotopic (exact) mass is 266 g/mol. The minimum absolute atomic E-state index is 0.0692. The highest BCUT2D eigenvalue weighted by molar-refractivity contribution is 5.98. The molecular formula is C14H19FN2O2. The number of likely N-dealkylation sites (N-methyl/N-ethyl adjacent to an activating group) is 1. The van der Waals surface area contributed by atoms with Gasteiger partial charge in [0.05, 0.1) is 18.8 Å². The highest BCUT2D eigenvalue weighted by atomic mass is 19.1. The van der Waals surface area contributed by atoms with E-state index in [1.54, 1.807) is 12.1 Å². The van der Waals surface area contributed by atoms with Gasteiger partial charge in [-0.15, -0.1) is 0 Å². The third kappa shape index (κ3) is 2.87. The van der Waals surface area contributed by atoms with Gasteiger partial charge >= 0.3 is 0 Å². The molecule has 1 heterocycles. The topological polar surface area (TPSA) is 41.6 Å². The number of carbonyl (C=O) groups is 1. The first-order chi connectivity index (χ1) is 9.17. The van der Waals surface area contributed by atoms with Crippen molar-refractivity contribution in [3.05, 3.63) is 24.0 Å². The molecule has 5 heteroatoms. The summed E-state index contributed by atoms with van der Waals surface area (Å²) < 4.78 is 19.0. The molecule has 0 spiro atoms. The van der Waals surface area contributed by atoms with Gasteiger partial charge in [0.1, 0.15) is 11.6 Å². The Balaban J connectivity index is 2.27. The second-order valence-electron chi connectivity index (χ2n) is 4.56. The SMILES string of the molecule is CCNC1CCCN(c2cc(OC)ccc2F)C1=O. The predicted molar refractivity (Wildman–Crippen MR) is 72.0 cm³/mol. The molecule has 0 radical (unpaired) electrons. The predicted octanol–water partition coefficient (Wildman–Crippen LogP) is 1.94. The van der Waals surface area contributed by atoms with E-state index in [0.29, 0.717) is 18.0 Å². The van der Waals surface area contributed by atoms with Crippen LogP contribution >= 0.6 is 0 Å². The van der Waals surface area contributed by atoms with E-state index in [1.807, 2.05) is 6.92 Å². The summed E-state index contributed by atoms with van der Waals surface area (Å²) in [6.45, 7) is 3.23. The summed E-state index contributed by atoms with van der Waals surface area (Å²) in [5.41, 5.74) is 0.298. The van der Waals surface area contributed by atoms with Crippen LogP contribution in [0.3, 0.4) is 0 Å². The Bertz CT molecular complexity index is 463. The number of rotatable bonds is 4. The molecule has 1 N–H and O–H groups in total. The molecule has 0 aliphatic carbocycles. The van der Waals surface area contributed by atoms with Crippen LogP contribution < -0.4 is 15.0 Å². The van der Waals surface area contributed by atoms with Crippen LogP contribution in [0.5, 0.6) is 5.75 Å². The van der Waals surface area contributed by atoms with Gasteiger partial charge in [-0.3, -0.25) is 4.79 Å². The van der Waals surface area contributed by atoms with Crippen molar-refractivity contribution in [1.29, 1.82) is 0 Å². The smallest absolute Gasteiger partial charge is 0.244 e. The number of hydrogen-bond acceptors (Lipinski definition) is 3. The van der Waals surface area contributed by atoms with E-state index in [9.17, 15) is 9.18 Å². The van der Waals surface area contributed by atoms with Gasteiger partial charge in [-0.05, 0) is 31.5 Å². The normalized spacial score (nSPS) is 19.6. The van der Waals surface area contributed by atoms with Gasteiger partial charge in [-0.1, -0.05) is 6.92 Å². The summed E-state index contributed by atoms with van der Waals surface area (Å²) in [4.78, 5) is 13.8. The molecule has 1 aliphatic heterocycles. The van der Waals surface area contributed by atoms with Gasteiger partial charge in [-0.2, -0.15) is 0 Å². The maximum Gasteiger partial charge on any atom is 0.244 e. The maximum absolute atomic E-state index is 13.9. The fourth-order valence-electron chi connectivity index (χ4n) is 2.38. The van der Waals surface area contributed by atoms with Crippen molar-refractivity contribution in [2.24, 2.45) is 0 Å². The third-order valence-corrected chi connectivity index (χ3v) is 3.33. The Kier molecular flexibility index (Phi) is 4.37. The van der Waals surface area contributed by atoms with E-state index in [0.717, 1.165) is 19.4 Å². The molecule has 4 nitrogen and oxygen atoms in total. The van der Waals surface area contributed by atoms with E-state index in [4.69, 9.17) is 4.74 Å². The molecule has 2 rings (SSSR count). The van der Waals surface area contributed by atoms with E-state index in [-0.39, 0.29) is 11.9 Å². The Morgan fingerprint density at radius 2 is 2.32 bits per heavy atom. The summed E-state index contributed by atoms with van der Waals surface area (Å²) in [5.74, 6) is 0.0846. The Morgan fingerprint density at radius 3 is 3.00 bits per heavy atom. The lowest BCUT2D eigenvalue weighted by Crippen LogP contribution is -2.51. The van der Waals surface area contributed by atoms with E-state index in [1.165, 1.54) is 18.1 Å². The molecule has 0 bridgehead atoms. The first-order valence-corrected chi connectivity index (χ1v) is 6.55. The Hall–Kier alpha value is -1.62. The van der Waals surface area contributed by atoms with Crippen molar-refractivity contribution in [3.8, 4) is 5.75 Å². The van der Waals surface area contributed by atoms with Crippen LogP contribution in [0, 0.1) is 5.82 Å². The van der Waals surface area contributed by atoms with Gasteiger partial charge in [0.15, 0.2) is 0 Å². The highest BCUT2D eigenvalue weighted by Crippen LogP contribution is 2.28. The standard InChI is InChI=1S/C14H19FN2O2/c1-3-16-12-5-4-8-17(14(12)18)13-9-10(19-2)6-7-11(13)15/h6-7,9,12,16H,3-5,8H2,1-2H3. The molecule has 1 atom stereocenters. The van der Waals surface area contributed by atoms with Crippen molar-refractivity contribution >= 4 is 11.6 Å². The molecule has 1 saturated heterocycles. The lowest BCUT2D eigenvalue weighted by atomic mass is 10.0. The quantitative estimate of drug-likeness (QED) is 0.905.